The maximum absolute atomic E-state index is 10.6. The summed E-state index contributed by atoms with van der Waals surface area (Å²) in [6, 6.07) is 3.48. The molecule has 0 unspecified atom stereocenters. The van der Waals surface area contributed by atoms with Gasteiger partial charge in [-0.3, -0.25) is 4.79 Å². The second-order valence-corrected chi connectivity index (χ2v) is 2.74. The summed E-state index contributed by atoms with van der Waals surface area (Å²) >= 11 is 5.63. The topological polar surface area (TPSA) is 30.0 Å². The predicted octanol–water partition coefficient (Wildman–Crippen LogP) is 2.34. The Balaban J connectivity index is 2.83. The van der Waals surface area contributed by atoms with Crippen molar-refractivity contribution in [2.45, 2.75) is 6.92 Å². The van der Waals surface area contributed by atoms with Gasteiger partial charge in [0, 0.05) is 6.20 Å². The van der Waals surface area contributed by atoms with E-state index in [1.54, 1.807) is 24.4 Å². The molecule has 1 rings (SSSR count). The highest BCUT2D eigenvalue weighted by atomic mass is 35.5. The van der Waals surface area contributed by atoms with Crippen molar-refractivity contribution >= 4 is 23.5 Å². The Bertz CT molecular complexity index is 320. The molecule has 2 nitrogen and oxygen atoms in total. The predicted molar refractivity (Wildman–Crippen MR) is 49.0 cm³/mol. The van der Waals surface area contributed by atoms with Crippen molar-refractivity contribution in [2.75, 3.05) is 0 Å². The van der Waals surface area contributed by atoms with Crippen molar-refractivity contribution in [1.82, 2.24) is 4.98 Å². The summed E-state index contributed by atoms with van der Waals surface area (Å²) in [6.45, 7) is 1.50. The third-order valence-corrected chi connectivity index (χ3v) is 1.47. The third-order valence-electron chi connectivity index (χ3n) is 1.26. The fraction of sp³-hybridized carbons (Fsp3) is 0.111. The average Bonchev–Trinajstić information content (AvgIpc) is 2.01. The van der Waals surface area contributed by atoms with E-state index >= 15 is 0 Å². The molecular weight excluding hydrogens is 174 g/mol. The van der Waals surface area contributed by atoms with Crippen LogP contribution in [0.1, 0.15) is 12.5 Å². The first kappa shape index (κ1) is 8.94. The summed E-state index contributed by atoms with van der Waals surface area (Å²) in [5, 5.41) is 0.431. The third kappa shape index (κ3) is 2.84. The van der Waals surface area contributed by atoms with Crippen LogP contribution in [0.3, 0.4) is 0 Å². The summed E-state index contributed by atoms with van der Waals surface area (Å²) in [4.78, 5) is 14.4. The molecule has 0 N–H and O–H groups in total. The number of aromatic nitrogens is 1. The zero-order valence-electron chi connectivity index (χ0n) is 6.62. The van der Waals surface area contributed by atoms with E-state index in [0.717, 1.165) is 5.56 Å². The molecule has 62 valence electrons. The minimum Gasteiger partial charge on any atom is -0.295 e. The van der Waals surface area contributed by atoms with Gasteiger partial charge < -0.3 is 0 Å². The van der Waals surface area contributed by atoms with Crippen molar-refractivity contribution in [3.63, 3.8) is 0 Å². The van der Waals surface area contributed by atoms with Crippen LogP contribution in [0.2, 0.25) is 5.15 Å². The largest absolute Gasteiger partial charge is 0.295 e. The van der Waals surface area contributed by atoms with E-state index in [2.05, 4.69) is 4.98 Å². The van der Waals surface area contributed by atoms with Gasteiger partial charge in [0.2, 0.25) is 0 Å². The van der Waals surface area contributed by atoms with E-state index in [0.29, 0.717) is 5.15 Å². The molecule has 0 atom stereocenters. The lowest BCUT2D eigenvalue weighted by Crippen LogP contribution is -1.81. The number of carbonyl (C=O) groups excluding carboxylic acids is 1. The second-order valence-electron chi connectivity index (χ2n) is 2.36. The normalized spacial score (nSPS) is 10.5. The van der Waals surface area contributed by atoms with Gasteiger partial charge in [0.25, 0.3) is 0 Å². The summed E-state index contributed by atoms with van der Waals surface area (Å²) in [6.07, 6.45) is 4.80. The van der Waals surface area contributed by atoms with Crippen LogP contribution in [-0.2, 0) is 4.79 Å². The monoisotopic (exact) mass is 181 g/mol. The van der Waals surface area contributed by atoms with Gasteiger partial charge in [-0.05, 0) is 30.7 Å². The lowest BCUT2D eigenvalue weighted by molar-refractivity contribution is -0.112. The Kier molecular flexibility index (Phi) is 3.00. The highest BCUT2D eigenvalue weighted by molar-refractivity contribution is 6.29. The molecule has 0 amide bonds. The first-order valence-corrected chi connectivity index (χ1v) is 3.86. The molecule has 0 fully saturated rings. The molecule has 0 bridgehead atoms. The van der Waals surface area contributed by atoms with Crippen LogP contribution in [0.5, 0.6) is 0 Å². The molecule has 0 radical (unpaired) electrons. The van der Waals surface area contributed by atoms with Crippen LogP contribution in [0, 0.1) is 0 Å². The minimum absolute atomic E-state index is 0.0166. The van der Waals surface area contributed by atoms with E-state index in [9.17, 15) is 4.79 Å². The highest BCUT2D eigenvalue weighted by Gasteiger charge is 1.90. The Hall–Kier alpha value is -1.15. The maximum Gasteiger partial charge on any atom is 0.152 e. The van der Waals surface area contributed by atoms with Crippen molar-refractivity contribution in [3.8, 4) is 0 Å². The lowest BCUT2D eigenvalue weighted by Gasteiger charge is -1.91. The Labute approximate surface area is 75.9 Å². The summed E-state index contributed by atoms with van der Waals surface area (Å²) in [7, 11) is 0. The van der Waals surface area contributed by atoms with Crippen LogP contribution >= 0.6 is 11.6 Å². The van der Waals surface area contributed by atoms with Crippen LogP contribution in [0.15, 0.2) is 24.4 Å². The van der Waals surface area contributed by atoms with Crippen molar-refractivity contribution in [2.24, 2.45) is 0 Å². The Morgan fingerprint density at radius 2 is 2.42 bits per heavy atom. The van der Waals surface area contributed by atoms with Crippen LogP contribution in [0.4, 0.5) is 0 Å². The molecule has 0 saturated heterocycles. The number of ketones is 1. The average molecular weight is 182 g/mol. The molecule has 3 heteroatoms. The van der Waals surface area contributed by atoms with Crippen LogP contribution in [-0.4, -0.2) is 10.8 Å². The zero-order chi connectivity index (χ0) is 8.97. The Morgan fingerprint density at radius 1 is 1.67 bits per heavy atom. The molecule has 0 aliphatic rings. The van der Waals surface area contributed by atoms with Crippen LogP contribution in [0.25, 0.3) is 6.08 Å². The lowest BCUT2D eigenvalue weighted by atomic mass is 10.2. The molecule has 1 heterocycles. The number of hydrogen-bond donors (Lipinski definition) is 0. The highest BCUT2D eigenvalue weighted by Crippen LogP contribution is 2.08. The smallest absolute Gasteiger partial charge is 0.152 e. The van der Waals surface area contributed by atoms with Gasteiger partial charge in [-0.15, -0.1) is 0 Å². The van der Waals surface area contributed by atoms with Gasteiger partial charge in [0.1, 0.15) is 5.15 Å². The zero-order valence-corrected chi connectivity index (χ0v) is 7.38. The number of nitrogens with zero attached hydrogens (tertiary/aromatic N) is 1. The van der Waals surface area contributed by atoms with E-state index in [1.165, 1.54) is 13.0 Å². The van der Waals surface area contributed by atoms with Gasteiger partial charge in [0.15, 0.2) is 5.78 Å². The van der Waals surface area contributed by atoms with Crippen LogP contribution < -0.4 is 0 Å². The van der Waals surface area contributed by atoms with Gasteiger partial charge >= 0.3 is 0 Å². The van der Waals surface area contributed by atoms with Crippen molar-refractivity contribution < 1.29 is 4.79 Å². The second kappa shape index (κ2) is 4.02. The molecule has 1 aromatic heterocycles. The molecule has 1 aromatic rings. The number of allylic oxidation sites excluding steroid dienone is 1. The number of rotatable bonds is 2. The minimum atomic E-state index is 0.0166. The van der Waals surface area contributed by atoms with Gasteiger partial charge in [-0.25, -0.2) is 4.98 Å². The standard InChI is InChI=1S/C9H8ClNO/c1-7(12)2-3-8-4-5-11-9(10)6-8/h2-6H,1H3/b3-2+. The summed E-state index contributed by atoms with van der Waals surface area (Å²) in [5.74, 6) is 0.0166. The van der Waals surface area contributed by atoms with Gasteiger partial charge in [-0.1, -0.05) is 17.7 Å². The fourth-order valence-corrected chi connectivity index (χ4v) is 0.917. The first-order chi connectivity index (χ1) is 5.68. The van der Waals surface area contributed by atoms with Gasteiger partial charge in [-0.2, -0.15) is 0 Å². The van der Waals surface area contributed by atoms with E-state index in [1.807, 2.05) is 0 Å². The number of pyridine rings is 1. The fourth-order valence-electron chi connectivity index (χ4n) is 0.735. The quantitative estimate of drug-likeness (QED) is 0.518. The molecule has 12 heavy (non-hydrogen) atoms. The molecule has 0 aliphatic heterocycles. The number of carbonyl (C=O) groups is 1. The van der Waals surface area contributed by atoms with Crippen molar-refractivity contribution in [1.29, 1.82) is 0 Å². The molecular formula is C9H8ClNO. The number of hydrogen-bond acceptors (Lipinski definition) is 2. The van der Waals surface area contributed by atoms with Crippen molar-refractivity contribution in [3.05, 3.63) is 35.1 Å². The Morgan fingerprint density at radius 3 is 3.00 bits per heavy atom. The van der Waals surface area contributed by atoms with E-state index in [4.69, 9.17) is 11.6 Å². The number of halogens is 1. The van der Waals surface area contributed by atoms with E-state index < -0.39 is 0 Å². The SMILES string of the molecule is CC(=O)/C=C/c1ccnc(Cl)c1. The first-order valence-electron chi connectivity index (χ1n) is 3.48. The summed E-state index contributed by atoms with van der Waals surface area (Å²) < 4.78 is 0. The summed E-state index contributed by atoms with van der Waals surface area (Å²) in [5.41, 5.74) is 0.880. The molecule has 0 saturated carbocycles. The molecule has 0 aliphatic carbocycles. The maximum atomic E-state index is 10.6. The van der Waals surface area contributed by atoms with Gasteiger partial charge in [0.05, 0.1) is 0 Å². The molecule has 0 spiro atoms. The molecule has 0 aromatic carbocycles. The van der Waals surface area contributed by atoms with E-state index in [-0.39, 0.29) is 5.78 Å².